The molecule has 0 saturated carbocycles. The SMILES string of the molecule is CC(NCC(=O)O)C(C#N)C(=O)OC(C)(C)C. The molecule has 2 N–H and O–H groups in total. The number of hydrogen-bond donors (Lipinski definition) is 2. The minimum absolute atomic E-state index is 0.303. The van der Waals surface area contributed by atoms with Crippen molar-refractivity contribution in [2.45, 2.75) is 39.3 Å². The van der Waals surface area contributed by atoms with Crippen molar-refractivity contribution < 1.29 is 19.4 Å². The second-order valence-electron chi connectivity index (χ2n) is 4.70. The Labute approximate surface area is 101 Å². The van der Waals surface area contributed by atoms with Crippen molar-refractivity contribution in [3.63, 3.8) is 0 Å². The lowest BCUT2D eigenvalue weighted by Crippen LogP contribution is -2.42. The maximum atomic E-state index is 11.6. The van der Waals surface area contributed by atoms with Crippen molar-refractivity contribution in [2.75, 3.05) is 6.54 Å². The van der Waals surface area contributed by atoms with Gasteiger partial charge in [-0.05, 0) is 27.7 Å². The largest absolute Gasteiger partial charge is 0.480 e. The first-order chi connectivity index (χ1) is 7.67. The molecular weight excluding hydrogens is 224 g/mol. The molecule has 0 aromatic carbocycles. The standard InChI is InChI=1S/C11H18N2O4/c1-7(13-6-9(14)15)8(5-12)10(16)17-11(2,3)4/h7-8,13H,6H2,1-4H3,(H,14,15). The number of nitrogens with one attached hydrogen (secondary N) is 1. The summed E-state index contributed by atoms with van der Waals surface area (Å²) >= 11 is 0. The van der Waals surface area contributed by atoms with E-state index < -0.39 is 29.5 Å². The lowest BCUT2D eigenvalue weighted by molar-refractivity contribution is -0.158. The summed E-state index contributed by atoms with van der Waals surface area (Å²) in [6.07, 6.45) is 0. The molecule has 0 aromatic heterocycles. The first-order valence-corrected chi connectivity index (χ1v) is 5.25. The Kier molecular flexibility index (Phi) is 5.62. The molecule has 0 aliphatic heterocycles. The monoisotopic (exact) mass is 242 g/mol. The molecule has 0 spiro atoms. The summed E-state index contributed by atoms with van der Waals surface area (Å²) in [6.45, 7) is 6.38. The third kappa shape index (κ3) is 6.53. The zero-order chi connectivity index (χ0) is 13.6. The molecule has 0 bridgehead atoms. The summed E-state index contributed by atoms with van der Waals surface area (Å²) in [5, 5.41) is 19.9. The van der Waals surface area contributed by atoms with Crippen molar-refractivity contribution in [3.05, 3.63) is 0 Å². The summed E-state index contributed by atoms with van der Waals surface area (Å²) in [5.74, 6) is -2.71. The van der Waals surface area contributed by atoms with Crippen LogP contribution < -0.4 is 5.32 Å². The van der Waals surface area contributed by atoms with Crippen LogP contribution in [0, 0.1) is 17.2 Å². The lowest BCUT2D eigenvalue weighted by Gasteiger charge is -2.24. The highest BCUT2D eigenvalue weighted by Gasteiger charge is 2.29. The Morgan fingerprint density at radius 3 is 2.35 bits per heavy atom. The molecule has 0 aliphatic rings. The van der Waals surface area contributed by atoms with E-state index in [1.54, 1.807) is 27.7 Å². The van der Waals surface area contributed by atoms with Gasteiger partial charge >= 0.3 is 11.9 Å². The molecule has 2 unspecified atom stereocenters. The van der Waals surface area contributed by atoms with Crippen LogP contribution in [0.5, 0.6) is 0 Å². The maximum absolute atomic E-state index is 11.6. The zero-order valence-corrected chi connectivity index (χ0v) is 10.5. The Balaban J connectivity index is 4.46. The van der Waals surface area contributed by atoms with Crippen LogP contribution in [-0.4, -0.2) is 35.2 Å². The van der Waals surface area contributed by atoms with Crippen LogP contribution in [0.1, 0.15) is 27.7 Å². The minimum atomic E-state index is -1.04. The van der Waals surface area contributed by atoms with E-state index in [0.717, 1.165) is 0 Å². The number of carbonyl (C=O) groups excluding carboxylic acids is 1. The third-order valence-corrected chi connectivity index (χ3v) is 1.88. The number of nitrogens with zero attached hydrogens (tertiary/aromatic N) is 1. The number of ether oxygens (including phenoxy) is 1. The number of hydrogen-bond acceptors (Lipinski definition) is 5. The smallest absolute Gasteiger partial charge is 0.325 e. The molecule has 96 valence electrons. The van der Waals surface area contributed by atoms with Gasteiger partial charge in [0.1, 0.15) is 5.60 Å². The second-order valence-corrected chi connectivity index (χ2v) is 4.70. The van der Waals surface area contributed by atoms with Crippen molar-refractivity contribution in [2.24, 2.45) is 5.92 Å². The summed E-state index contributed by atoms with van der Waals surface area (Å²) in [7, 11) is 0. The molecule has 0 heterocycles. The van der Waals surface area contributed by atoms with Crippen molar-refractivity contribution in [1.82, 2.24) is 5.32 Å². The Morgan fingerprint density at radius 2 is 2.00 bits per heavy atom. The molecule has 0 amide bonds. The van der Waals surface area contributed by atoms with Gasteiger partial charge in [0.25, 0.3) is 0 Å². The first kappa shape index (κ1) is 15.4. The zero-order valence-electron chi connectivity index (χ0n) is 10.5. The average molecular weight is 242 g/mol. The second kappa shape index (κ2) is 6.21. The van der Waals surface area contributed by atoms with Gasteiger partial charge in [0.15, 0.2) is 5.92 Å². The van der Waals surface area contributed by atoms with Gasteiger partial charge in [-0.1, -0.05) is 0 Å². The van der Waals surface area contributed by atoms with E-state index in [0.29, 0.717) is 0 Å². The molecule has 2 atom stereocenters. The van der Waals surface area contributed by atoms with Gasteiger partial charge in [-0.2, -0.15) is 5.26 Å². The molecule has 0 rings (SSSR count). The lowest BCUT2D eigenvalue weighted by atomic mass is 10.0. The molecule has 6 heteroatoms. The van der Waals surface area contributed by atoms with Crippen LogP contribution in [0.4, 0.5) is 0 Å². The number of aliphatic carboxylic acids is 1. The predicted molar refractivity (Wildman–Crippen MR) is 60.0 cm³/mol. The van der Waals surface area contributed by atoms with Gasteiger partial charge in [0.05, 0.1) is 12.6 Å². The Bertz CT molecular complexity index is 327. The fourth-order valence-corrected chi connectivity index (χ4v) is 1.10. The van der Waals surface area contributed by atoms with Gasteiger partial charge in [-0.25, -0.2) is 0 Å². The van der Waals surface area contributed by atoms with E-state index in [4.69, 9.17) is 15.1 Å². The summed E-state index contributed by atoms with van der Waals surface area (Å²) < 4.78 is 5.07. The quantitative estimate of drug-likeness (QED) is 0.682. The van der Waals surface area contributed by atoms with Gasteiger partial charge in [0, 0.05) is 6.04 Å². The average Bonchev–Trinajstić information content (AvgIpc) is 2.12. The number of carbonyl (C=O) groups is 2. The number of carboxylic acid groups (broad SMARTS) is 1. The molecule has 0 radical (unpaired) electrons. The van der Waals surface area contributed by atoms with Crippen LogP contribution in [0.2, 0.25) is 0 Å². The molecule has 0 saturated heterocycles. The van der Waals surface area contributed by atoms with Crippen LogP contribution in [-0.2, 0) is 14.3 Å². The first-order valence-electron chi connectivity index (χ1n) is 5.25. The number of nitriles is 1. The third-order valence-electron chi connectivity index (χ3n) is 1.88. The molecule has 0 aliphatic carbocycles. The van der Waals surface area contributed by atoms with Crippen LogP contribution >= 0.6 is 0 Å². The fourth-order valence-electron chi connectivity index (χ4n) is 1.10. The highest BCUT2D eigenvalue weighted by molar-refractivity contribution is 5.76. The number of rotatable bonds is 5. The van der Waals surface area contributed by atoms with E-state index in [-0.39, 0.29) is 6.54 Å². The van der Waals surface area contributed by atoms with E-state index >= 15 is 0 Å². The Hall–Kier alpha value is -1.61. The van der Waals surface area contributed by atoms with E-state index in [2.05, 4.69) is 5.32 Å². The summed E-state index contributed by atoms with van der Waals surface area (Å²) in [5.41, 5.74) is -0.668. The van der Waals surface area contributed by atoms with Crippen molar-refractivity contribution in [1.29, 1.82) is 5.26 Å². The van der Waals surface area contributed by atoms with Crippen molar-refractivity contribution in [3.8, 4) is 6.07 Å². The summed E-state index contributed by atoms with van der Waals surface area (Å²) in [6, 6.07) is 1.24. The topological polar surface area (TPSA) is 99.4 Å². The van der Waals surface area contributed by atoms with Gasteiger partial charge in [0.2, 0.25) is 0 Å². The molecule has 0 fully saturated rings. The molecule has 0 aromatic rings. The molecular formula is C11H18N2O4. The van der Waals surface area contributed by atoms with Gasteiger partial charge in [-0.3, -0.25) is 9.59 Å². The molecule has 17 heavy (non-hydrogen) atoms. The minimum Gasteiger partial charge on any atom is -0.480 e. The van der Waals surface area contributed by atoms with Crippen LogP contribution in [0.25, 0.3) is 0 Å². The predicted octanol–water partition coefficient (Wildman–Crippen LogP) is 0.531. The Morgan fingerprint density at radius 1 is 1.47 bits per heavy atom. The highest BCUT2D eigenvalue weighted by Crippen LogP contribution is 2.13. The number of carboxylic acids is 1. The van der Waals surface area contributed by atoms with E-state index in [1.807, 2.05) is 6.07 Å². The number of esters is 1. The van der Waals surface area contributed by atoms with Crippen LogP contribution in [0.15, 0.2) is 0 Å². The van der Waals surface area contributed by atoms with Gasteiger partial charge < -0.3 is 15.2 Å². The maximum Gasteiger partial charge on any atom is 0.325 e. The molecule has 6 nitrogen and oxygen atoms in total. The van der Waals surface area contributed by atoms with Gasteiger partial charge in [-0.15, -0.1) is 0 Å². The van der Waals surface area contributed by atoms with Crippen LogP contribution in [0.3, 0.4) is 0 Å². The summed E-state index contributed by atoms with van der Waals surface area (Å²) in [4.78, 5) is 22.0. The van der Waals surface area contributed by atoms with E-state index in [9.17, 15) is 9.59 Å². The highest BCUT2D eigenvalue weighted by atomic mass is 16.6. The van der Waals surface area contributed by atoms with Crippen molar-refractivity contribution >= 4 is 11.9 Å². The van der Waals surface area contributed by atoms with E-state index in [1.165, 1.54) is 0 Å². The fraction of sp³-hybridized carbons (Fsp3) is 0.727. The normalized spacial score (nSPS) is 14.5.